The molecule has 0 aliphatic carbocycles. The molecule has 3 aromatic carbocycles. The van der Waals surface area contributed by atoms with Crippen LogP contribution in [0.5, 0.6) is 0 Å². The van der Waals surface area contributed by atoms with Crippen LogP contribution in [0, 0.1) is 10.8 Å². The zero-order valence-electron chi connectivity index (χ0n) is 17.4. The molecule has 1 aromatic heterocycles. The fourth-order valence-electron chi connectivity index (χ4n) is 3.71. The third-order valence-corrected chi connectivity index (χ3v) is 5.31. The summed E-state index contributed by atoms with van der Waals surface area (Å²) in [5, 5.41) is 19.2. The Labute approximate surface area is 185 Å². The predicted molar refractivity (Wildman–Crippen MR) is 127 cm³/mol. The van der Waals surface area contributed by atoms with E-state index in [0.717, 1.165) is 22.0 Å². The molecule has 7 N–H and O–H groups in total. The molecular weight excluding hydrogens is 400 g/mol. The Morgan fingerprint density at radius 3 is 2.12 bits per heavy atom. The summed E-state index contributed by atoms with van der Waals surface area (Å²) >= 11 is 0. The van der Waals surface area contributed by atoms with Gasteiger partial charge in [0.05, 0.1) is 0 Å². The van der Waals surface area contributed by atoms with Crippen molar-refractivity contribution in [2.24, 2.45) is 11.5 Å². The molecule has 0 aliphatic heterocycles. The van der Waals surface area contributed by atoms with Gasteiger partial charge in [-0.15, -0.1) is 0 Å². The number of carbonyl (C=O) groups is 1. The van der Waals surface area contributed by atoms with E-state index in [1.165, 1.54) is 0 Å². The van der Waals surface area contributed by atoms with Crippen molar-refractivity contribution < 1.29 is 4.79 Å². The number of carbonyl (C=O) groups excluding carboxylic acids is 1. The minimum atomic E-state index is -0.197. The van der Waals surface area contributed by atoms with Crippen molar-refractivity contribution in [1.29, 1.82) is 10.8 Å². The largest absolute Gasteiger partial charge is 0.384 e. The maximum atomic E-state index is 13.1. The van der Waals surface area contributed by atoms with Crippen LogP contribution in [0.15, 0.2) is 78.9 Å². The van der Waals surface area contributed by atoms with Gasteiger partial charge >= 0.3 is 0 Å². The van der Waals surface area contributed by atoms with Gasteiger partial charge in [-0.1, -0.05) is 54.6 Å². The standard InChI is InChI=1S/C25H24N6O/c26-23(27)19-8-3-5-16(11-19)14-30-25(32)22-13-18-7-1-2-10-21(18)31(22)15-17-6-4-9-20(12-17)24(28)29/h1-13H,14-15H2,(H3,26,27)(H3,28,29)(H,30,32). The Hall–Kier alpha value is -4.39. The van der Waals surface area contributed by atoms with E-state index in [-0.39, 0.29) is 17.6 Å². The maximum absolute atomic E-state index is 13.1. The van der Waals surface area contributed by atoms with Crippen LogP contribution in [0.3, 0.4) is 0 Å². The van der Waals surface area contributed by atoms with Gasteiger partial charge in [0, 0.05) is 35.1 Å². The van der Waals surface area contributed by atoms with Gasteiger partial charge in [0.25, 0.3) is 5.91 Å². The molecule has 0 saturated carbocycles. The number of hydrogen-bond donors (Lipinski definition) is 5. The number of para-hydroxylation sites is 1. The van der Waals surface area contributed by atoms with Crippen molar-refractivity contribution in [3.05, 3.63) is 107 Å². The molecule has 7 nitrogen and oxygen atoms in total. The summed E-state index contributed by atoms with van der Waals surface area (Å²) in [6.45, 7) is 0.790. The molecule has 0 spiro atoms. The number of amidine groups is 2. The number of nitrogens with zero attached hydrogens (tertiary/aromatic N) is 1. The highest BCUT2D eigenvalue weighted by Gasteiger charge is 2.16. The topological polar surface area (TPSA) is 134 Å². The lowest BCUT2D eigenvalue weighted by molar-refractivity contribution is 0.0942. The number of nitrogens with two attached hydrogens (primary N) is 2. The van der Waals surface area contributed by atoms with E-state index >= 15 is 0 Å². The predicted octanol–water partition coefficient (Wildman–Crippen LogP) is 3.19. The number of rotatable bonds is 7. The van der Waals surface area contributed by atoms with Gasteiger partial charge in [0.15, 0.2) is 0 Å². The molecule has 160 valence electrons. The first-order chi connectivity index (χ1) is 15.4. The zero-order valence-corrected chi connectivity index (χ0v) is 17.4. The summed E-state index contributed by atoms with van der Waals surface area (Å²) in [4.78, 5) is 13.1. The highest BCUT2D eigenvalue weighted by molar-refractivity contribution is 5.99. The molecule has 0 radical (unpaired) electrons. The van der Waals surface area contributed by atoms with Crippen molar-refractivity contribution in [2.75, 3.05) is 0 Å². The lowest BCUT2D eigenvalue weighted by Gasteiger charge is -2.13. The Kier molecular flexibility index (Phi) is 5.72. The van der Waals surface area contributed by atoms with Crippen molar-refractivity contribution in [2.45, 2.75) is 13.1 Å². The van der Waals surface area contributed by atoms with E-state index in [2.05, 4.69) is 5.32 Å². The van der Waals surface area contributed by atoms with Crippen molar-refractivity contribution >= 4 is 28.5 Å². The molecule has 7 heteroatoms. The molecule has 0 fully saturated rings. The molecule has 0 saturated heterocycles. The SMILES string of the molecule is N=C(N)c1cccc(CNC(=O)c2cc3ccccc3n2Cc2cccc(C(=N)N)c2)c1. The second-order valence-corrected chi connectivity index (χ2v) is 7.59. The number of fused-ring (bicyclic) bond motifs is 1. The molecule has 4 rings (SSSR count). The van der Waals surface area contributed by atoms with Crippen LogP contribution in [0.25, 0.3) is 10.9 Å². The molecule has 1 amide bonds. The first kappa shape index (κ1) is 20.9. The average molecular weight is 425 g/mol. The van der Waals surface area contributed by atoms with Gasteiger partial charge in [-0.25, -0.2) is 0 Å². The fraction of sp³-hybridized carbons (Fsp3) is 0.0800. The van der Waals surface area contributed by atoms with Crippen molar-refractivity contribution in [1.82, 2.24) is 9.88 Å². The summed E-state index contributed by atoms with van der Waals surface area (Å²) in [6, 6.07) is 24.5. The van der Waals surface area contributed by atoms with E-state index in [1.54, 1.807) is 18.2 Å². The number of amides is 1. The second kappa shape index (κ2) is 8.77. The minimum absolute atomic E-state index is 0.00825. The minimum Gasteiger partial charge on any atom is -0.384 e. The van der Waals surface area contributed by atoms with E-state index < -0.39 is 0 Å². The van der Waals surface area contributed by atoms with E-state index in [9.17, 15) is 4.79 Å². The van der Waals surface area contributed by atoms with Gasteiger partial charge in [-0.05, 0) is 35.4 Å². The number of hydrogen-bond acceptors (Lipinski definition) is 3. The lowest BCUT2D eigenvalue weighted by Crippen LogP contribution is -2.26. The molecular formula is C25H24N6O. The summed E-state index contributed by atoms with van der Waals surface area (Å²) < 4.78 is 1.97. The van der Waals surface area contributed by atoms with Crippen LogP contribution >= 0.6 is 0 Å². The Bertz CT molecular complexity index is 1340. The Morgan fingerprint density at radius 2 is 1.44 bits per heavy atom. The number of aromatic nitrogens is 1. The fourth-order valence-corrected chi connectivity index (χ4v) is 3.71. The van der Waals surface area contributed by atoms with Gasteiger partial charge in [0.1, 0.15) is 17.4 Å². The zero-order chi connectivity index (χ0) is 22.7. The number of benzene rings is 3. The van der Waals surface area contributed by atoms with E-state index in [0.29, 0.717) is 29.9 Å². The highest BCUT2D eigenvalue weighted by atomic mass is 16.1. The molecule has 4 aromatic rings. The van der Waals surface area contributed by atoms with Gasteiger partial charge in [-0.3, -0.25) is 15.6 Å². The first-order valence-corrected chi connectivity index (χ1v) is 10.2. The quantitative estimate of drug-likeness (QED) is 0.230. The Balaban J connectivity index is 1.63. The van der Waals surface area contributed by atoms with Crippen molar-refractivity contribution in [3.8, 4) is 0 Å². The second-order valence-electron chi connectivity index (χ2n) is 7.59. The molecule has 0 unspecified atom stereocenters. The molecule has 0 atom stereocenters. The average Bonchev–Trinajstić information content (AvgIpc) is 3.16. The monoisotopic (exact) mass is 424 g/mol. The summed E-state index contributed by atoms with van der Waals surface area (Å²) in [5.41, 5.74) is 15.8. The Morgan fingerprint density at radius 1 is 0.812 bits per heavy atom. The normalized spacial score (nSPS) is 10.8. The first-order valence-electron chi connectivity index (χ1n) is 10.2. The van der Waals surface area contributed by atoms with E-state index in [4.69, 9.17) is 22.3 Å². The summed E-state index contributed by atoms with van der Waals surface area (Å²) in [6.07, 6.45) is 0. The van der Waals surface area contributed by atoms with Gasteiger partial charge < -0.3 is 21.4 Å². The van der Waals surface area contributed by atoms with Crippen LogP contribution in [0.4, 0.5) is 0 Å². The van der Waals surface area contributed by atoms with Gasteiger partial charge in [0.2, 0.25) is 0 Å². The molecule has 0 aliphatic rings. The summed E-state index contributed by atoms with van der Waals surface area (Å²) in [7, 11) is 0. The molecule has 32 heavy (non-hydrogen) atoms. The number of nitrogen functional groups attached to an aromatic ring is 2. The third-order valence-electron chi connectivity index (χ3n) is 5.31. The molecule has 0 bridgehead atoms. The summed E-state index contributed by atoms with van der Waals surface area (Å²) in [5.74, 6) is -0.196. The maximum Gasteiger partial charge on any atom is 0.268 e. The number of nitrogens with one attached hydrogen (secondary N) is 3. The van der Waals surface area contributed by atoms with Crippen LogP contribution < -0.4 is 16.8 Å². The van der Waals surface area contributed by atoms with Crippen LogP contribution in [0.2, 0.25) is 0 Å². The van der Waals surface area contributed by atoms with Crippen molar-refractivity contribution in [3.63, 3.8) is 0 Å². The van der Waals surface area contributed by atoms with Crippen LogP contribution in [-0.2, 0) is 13.1 Å². The molecule has 1 heterocycles. The smallest absolute Gasteiger partial charge is 0.268 e. The van der Waals surface area contributed by atoms with Crippen LogP contribution in [-0.4, -0.2) is 22.1 Å². The third kappa shape index (κ3) is 4.37. The van der Waals surface area contributed by atoms with Crippen LogP contribution in [0.1, 0.15) is 32.7 Å². The van der Waals surface area contributed by atoms with Gasteiger partial charge in [-0.2, -0.15) is 0 Å². The lowest BCUT2D eigenvalue weighted by atomic mass is 10.1. The van der Waals surface area contributed by atoms with E-state index in [1.807, 2.05) is 65.2 Å². The highest BCUT2D eigenvalue weighted by Crippen LogP contribution is 2.22.